The lowest BCUT2D eigenvalue weighted by molar-refractivity contribution is 0.146. The molecule has 1 aliphatic rings. The second-order valence-corrected chi connectivity index (χ2v) is 8.84. The zero-order valence-corrected chi connectivity index (χ0v) is 18.9. The standard InChI is InChI=1S/C24H25ClN2O4S/c25-19-6-4-5-17(13-19)23(28)16-26-15-22-11-9-18-14-20(10-12-24(18)30-22)27-32(29)31-21-7-2-1-3-8-21/h1-8,10,12-14,22-23,26-28H,9,11,15-16H2. The van der Waals surface area contributed by atoms with Crippen LogP contribution in [0.3, 0.4) is 0 Å². The van der Waals surface area contributed by atoms with Gasteiger partial charge in [-0.15, -0.1) is 0 Å². The van der Waals surface area contributed by atoms with E-state index in [9.17, 15) is 9.32 Å². The summed E-state index contributed by atoms with van der Waals surface area (Å²) >= 11 is 4.30. The Labute approximate surface area is 195 Å². The highest BCUT2D eigenvalue weighted by Gasteiger charge is 2.20. The van der Waals surface area contributed by atoms with Crippen LogP contribution in [0.5, 0.6) is 11.5 Å². The van der Waals surface area contributed by atoms with E-state index in [2.05, 4.69) is 10.0 Å². The van der Waals surface area contributed by atoms with Crippen molar-refractivity contribution in [2.45, 2.75) is 25.0 Å². The van der Waals surface area contributed by atoms with Crippen molar-refractivity contribution < 1.29 is 18.2 Å². The van der Waals surface area contributed by atoms with Gasteiger partial charge in [-0.3, -0.25) is 4.72 Å². The lowest BCUT2D eigenvalue weighted by Gasteiger charge is -2.27. The molecule has 0 fully saturated rings. The predicted molar refractivity (Wildman–Crippen MR) is 127 cm³/mol. The molecule has 3 aromatic carbocycles. The van der Waals surface area contributed by atoms with Crippen molar-refractivity contribution in [2.75, 3.05) is 17.8 Å². The van der Waals surface area contributed by atoms with Crippen molar-refractivity contribution in [1.29, 1.82) is 0 Å². The van der Waals surface area contributed by atoms with Gasteiger partial charge in [0, 0.05) is 23.8 Å². The molecule has 0 saturated carbocycles. The summed E-state index contributed by atoms with van der Waals surface area (Å²) in [5, 5.41) is 14.2. The molecule has 0 aliphatic carbocycles. The van der Waals surface area contributed by atoms with Crippen molar-refractivity contribution in [3.05, 3.63) is 88.9 Å². The van der Waals surface area contributed by atoms with E-state index < -0.39 is 17.4 Å². The molecule has 0 radical (unpaired) electrons. The monoisotopic (exact) mass is 472 g/mol. The normalized spacial score (nSPS) is 17.0. The van der Waals surface area contributed by atoms with Crippen LogP contribution in [0, 0.1) is 0 Å². The molecule has 3 N–H and O–H groups in total. The van der Waals surface area contributed by atoms with Gasteiger partial charge >= 0.3 is 11.3 Å². The number of benzene rings is 3. The number of rotatable bonds is 9. The number of anilines is 1. The van der Waals surface area contributed by atoms with Gasteiger partial charge in [-0.05, 0) is 66.4 Å². The molecular weight excluding hydrogens is 448 g/mol. The van der Waals surface area contributed by atoms with Crippen LogP contribution < -0.4 is 19.0 Å². The summed E-state index contributed by atoms with van der Waals surface area (Å²) in [5.74, 6) is 1.36. The molecule has 6 nitrogen and oxygen atoms in total. The number of para-hydroxylation sites is 1. The van der Waals surface area contributed by atoms with Crippen molar-refractivity contribution in [1.82, 2.24) is 5.32 Å². The van der Waals surface area contributed by atoms with Crippen LogP contribution in [-0.4, -0.2) is 28.5 Å². The molecule has 0 saturated heterocycles. The topological polar surface area (TPSA) is 79.8 Å². The molecule has 3 unspecified atom stereocenters. The number of halogens is 1. The molecular formula is C24H25ClN2O4S. The average molecular weight is 473 g/mol. The summed E-state index contributed by atoms with van der Waals surface area (Å²) in [6.45, 7) is 1.05. The smallest absolute Gasteiger partial charge is 0.316 e. The van der Waals surface area contributed by atoms with Gasteiger partial charge in [-0.1, -0.05) is 41.9 Å². The molecule has 1 aliphatic heterocycles. The number of ether oxygens (including phenoxy) is 1. The van der Waals surface area contributed by atoms with Crippen molar-refractivity contribution in [3.8, 4) is 11.5 Å². The second-order valence-electron chi connectivity index (χ2n) is 7.56. The Balaban J connectivity index is 1.25. The van der Waals surface area contributed by atoms with E-state index in [1.807, 2.05) is 48.5 Å². The Morgan fingerprint density at radius 1 is 1.12 bits per heavy atom. The molecule has 168 valence electrons. The number of aliphatic hydroxyl groups excluding tert-OH is 1. The highest BCUT2D eigenvalue weighted by molar-refractivity contribution is 7.81. The molecule has 3 atom stereocenters. The van der Waals surface area contributed by atoms with Crippen LogP contribution in [0.2, 0.25) is 5.02 Å². The molecule has 32 heavy (non-hydrogen) atoms. The lowest BCUT2D eigenvalue weighted by Crippen LogP contribution is -2.36. The van der Waals surface area contributed by atoms with Crippen LogP contribution in [0.15, 0.2) is 72.8 Å². The van der Waals surface area contributed by atoms with Crippen molar-refractivity contribution >= 4 is 28.6 Å². The number of hydrogen-bond donors (Lipinski definition) is 3. The van der Waals surface area contributed by atoms with Gasteiger partial charge in [0.05, 0.1) is 6.10 Å². The third kappa shape index (κ3) is 6.23. The van der Waals surface area contributed by atoms with Crippen LogP contribution in [0.1, 0.15) is 23.7 Å². The molecule has 8 heteroatoms. The molecule has 0 amide bonds. The fourth-order valence-electron chi connectivity index (χ4n) is 3.55. The third-order valence-electron chi connectivity index (χ3n) is 5.15. The summed E-state index contributed by atoms with van der Waals surface area (Å²) in [6.07, 6.45) is 1.08. The van der Waals surface area contributed by atoms with Crippen LogP contribution in [0.4, 0.5) is 5.69 Å². The van der Waals surface area contributed by atoms with Crippen molar-refractivity contribution in [3.63, 3.8) is 0 Å². The van der Waals surface area contributed by atoms with E-state index in [1.54, 1.807) is 24.3 Å². The number of aryl methyl sites for hydroxylation is 1. The summed E-state index contributed by atoms with van der Waals surface area (Å²) < 4.78 is 26.5. The zero-order valence-electron chi connectivity index (χ0n) is 17.4. The molecule has 4 rings (SSSR count). The SMILES string of the molecule is O=S(Nc1ccc2c(c1)CCC(CNCC(O)c1cccc(Cl)c1)O2)Oc1ccccc1. The minimum absolute atomic E-state index is 0.0171. The van der Waals surface area contributed by atoms with Gasteiger partial charge in [0.15, 0.2) is 0 Å². The number of hydrogen-bond acceptors (Lipinski definition) is 5. The Morgan fingerprint density at radius 3 is 2.78 bits per heavy atom. The first-order valence-electron chi connectivity index (χ1n) is 10.4. The Hall–Kier alpha value is -2.58. The molecule has 0 bridgehead atoms. The highest BCUT2D eigenvalue weighted by Crippen LogP contribution is 2.30. The minimum atomic E-state index is -1.69. The fourth-order valence-corrected chi connectivity index (χ4v) is 4.39. The van der Waals surface area contributed by atoms with E-state index in [-0.39, 0.29) is 6.10 Å². The quantitative estimate of drug-likeness (QED) is 0.429. The van der Waals surface area contributed by atoms with Gasteiger partial charge < -0.3 is 19.3 Å². The van der Waals surface area contributed by atoms with E-state index in [0.29, 0.717) is 29.5 Å². The number of fused-ring (bicyclic) bond motifs is 1. The van der Waals surface area contributed by atoms with Crippen LogP contribution >= 0.6 is 11.6 Å². The largest absolute Gasteiger partial charge is 0.489 e. The molecule has 0 spiro atoms. The number of aliphatic hydroxyl groups is 1. The van der Waals surface area contributed by atoms with Gasteiger partial charge in [0.1, 0.15) is 17.6 Å². The maximum absolute atomic E-state index is 12.2. The second kappa shape index (κ2) is 10.8. The Morgan fingerprint density at radius 2 is 1.97 bits per heavy atom. The lowest BCUT2D eigenvalue weighted by atomic mass is 10.0. The predicted octanol–water partition coefficient (Wildman–Crippen LogP) is 4.43. The maximum atomic E-state index is 12.2. The zero-order chi connectivity index (χ0) is 22.3. The Bertz CT molecular complexity index is 1070. The molecule has 0 aromatic heterocycles. The highest BCUT2D eigenvalue weighted by atomic mass is 35.5. The summed E-state index contributed by atoms with van der Waals surface area (Å²) in [6, 6.07) is 21.9. The minimum Gasteiger partial charge on any atom is -0.489 e. The van der Waals surface area contributed by atoms with Crippen LogP contribution in [0.25, 0.3) is 0 Å². The number of nitrogens with one attached hydrogen (secondary N) is 2. The van der Waals surface area contributed by atoms with E-state index in [1.165, 1.54) is 0 Å². The summed E-state index contributed by atoms with van der Waals surface area (Å²) in [5.41, 5.74) is 2.55. The Kier molecular flexibility index (Phi) is 7.65. The first-order valence-corrected chi connectivity index (χ1v) is 11.9. The van der Waals surface area contributed by atoms with Crippen molar-refractivity contribution in [2.24, 2.45) is 0 Å². The average Bonchev–Trinajstić information content (AvgIpc) is 2.79. The summed E-state index contributed by atoms with van der Waals surface area (Å²) in [7, 11) is 0. The van der Waals surface area contributed by atoms with Crippen LogP contribution in [-0.2, 0) is 17.7 Å². The molecule has 3 aromatic rings. The van der Waals surface area contributed by atoms with Gasteiger partial charge in [0.25, 0.3) is 0 Å². The maximum Gasteiger partial charge on any atom is 0.316 e. The molecule has 1 heterocycles. The summed E-state index contributed by atoms with van der Waals surface area (Å²) in [4.78, 5) is 0. The van der Waals surface area contributed by atoms with Gasteiger partial charge in [-0.2, -0.15) is 4.21 Å². The van der Waals surface area contributed by atoms with Gasteiger partial charge in [-0.25, -0.2) is 0 Å². The van der Waals surface area contributed by atoms with Gasteiger partial charge in [0.2, 0.25) is 0 Å². The fraction of sp³-hybridized carbons (Fsp3) is 0.250. The van der Waals surface area contributed by atoms with E-state index in [0.717, 1.165) is 29.7 Å². The van der Waals surface area contributed by atoms with E-state index >= 15 is 0 Å². The third-order valence-corrected chi connectivity index (χ3v) is 6.13. The first kappa shape index (κ1) is 22.6. The van der Waals surface area contributed by atoms with E-state index in [4.69, 9.17) is 20.5 Å². The first-order chi connectivity index (χ1) is 15.6.